The van der Waals surface area contributed by atoms with Crippen molar-refractivity contribution in [3.8, 4) is 11.1 Å². The molecule has 1 saturated carbocycles. The van der Waals surface area contributed by atoms with E-state index in [2.05, 4.69) is 15.3 Å². The van der Waals surface area contributed by atoms with Gasteiger partial charge in [0.2, 0.25) is 5.95 Å². The summed E-state index contributed by atoms with van der Waals surface area (Å²) in [6.07, 6.45) is 9.48. The molecule has 0 aliphatic heterocycles. The Hall–Kier alpha value is -2.51. The highest BCUT2D eigenvalue weighted by molar-refractivity contribution is 6.34. The monoisotopic (exact) mass is 399 g/mol. The summed E-state index contributed by atoms with van der Waals surface area (Å²) in [7, 11) is 3.48. The molecule has 3 heterocycles. The zero-order valence-corrected chi connectivity index (χ0v) is 16.6. The van der Waals surface area contributed by atoms with Crippen molar-refractivity contribution >= 4 is 28.5 Å². The molecule has 1 aliphatic carbocycles. The van der Waals surface area contributed by atoms with E-state index >= 15 is 0 Å². The Bertz CT molecular complexity index is 1060. The second kappa shape index (κ2) is 7.85. The van der Waals surface area contributed by atoms with E-state index in [1.54, 1.807) is 38.8 Å². The number of ether oxygens (including phenoxy) is 1. The number of anilines is 1. The van der Waals surface area contributed by atoms with Crippen LogP contribution < -0.4 is 10.9 Å². The van der Waals surface area contributed by atoms with Crippen LogP contribution in [0.4, 0.5) is 5.95 Å². The van der Waals surface area contributed by atoms with Crippen LogP contribution in [-0.2, 0) is 11.8 Å². The van der Waals surface area contributed by atoms with Gasteiger partial charge in [-0.1, -0.05) is 11.6 Å². The summed E-state index contributed by atoms with van der Waals surface area (Å²) in [4.78, 5) is 25.4. The third kappa shape index (κ3) is 3.72. The smallest absolute Gasteiger partial charge is 0.250 e. The van der Waals surface area contributed by atoms with Crippen LogP contribution in [0.2, 0.25) is 5.15 Å². The highest BCUT2D eigenvalue weighted by atomic mass is 35.5. The second-order valence-corrected chi connectivity index (χ2v) is 7.49. The first-order valence-electron chi connectivity index (χ1n) is 9.33. The van der Waals surface area contributed by atoms with Crippen molar-refractivity contribution in [2.24, 2.45) is 7.05 Å². The Balaban J connectivity index is 1.69. The number of aromatic nitrogens is 4. The summed E-state index contributed by atoms with van der Waals surface area (Å²) in [6, 6.07) is 3.76. The Morgan fingerprint density at radius 3 is 2.71 bits per heavy atom. The van der Waals surface area contributed by atoms with Gasteiger partial charge in [0.15, 0.2) is 0 Å². The van der Waals surface area contributed by atoms with Crippen LogP contribution in [0.1, 0.15) is 25.7 Å². The minimum absolute atomic E-state index is 0.0945. The minimum Gasteiger partial charge on any atom is -0.381 e. The maximum Gasteiger partial charge on any atom is 0.250 e. The lowest BCUT2D eigenvalue weighted by atomic mass is 9.93. The zero-order valence-electron chi connectivity index (χ0n) is 15.9. The Labute approximate surface area is 167 Å². The summed E-state index contributed by atoms with van der Waals surface area (Å²) >= 11 is 6.26. The maximum atomic E-state index is 12.1. The summed E-state index contributed by atoms with van der Waals surface area (Å²) in [6.45, 7) is 0. The van der Waals surface area contributed by atoms with Crippen LogP contribution in [0.15, 0.2) is 35.5 Å². The average Bonchev–Trinajstić information content (AvgIpc) is 2.71. The van der Waals surface area contributed by atoms with Crippen LogP contribution in [0.25, 0.3) is 22.0 Å². The fourth-order valence-corrected chi connectivity index (χ4v) is 3.80. The molecule has 4 rings (SSSR count). The predicted octanol–water partition coefficient (Wildman–Crippen LogP) is 3.41. The van der Waals surface area contributed by atoms with Crippen molar-refractivity contribution in [3.05, 3.63) is 46.2 Å². The fraction of sp³-hybridized carbons (Fsp3) is 0.400. The van der Waals surface area contributed by atoms with E-state index < -0.39 is 0 Å². The number of nitrogens with zero attached hydrogens (tertiary/aromatic N) is 4. The normalized spacial score (nSPS) is 19.7. The number of rotatable bonds is 4. The van der Waals surface area contributed by atoms with Crippen LogP contribution >= 0.6 is 11.6 Å². The lowest BCUT2D eigenvalue weighted by Crippen LogP contribution is -2.29. The summed E-state index contributed by atoms with van der Waals surface area (Å²) < 4.78 is 6.96. The number of pyridine rings is 2. The van der Waals surface area contributed by atoms with Gasteiger partial charge in [-0.3, -0.25) is 4.79 Å². The van der Waals surface area contributed by atoms with Crippen LogP contribution in [-0.4, -0.2) is 38.8 Å². The van der Waals surface area contributed by atoms with Gasteiger partial charge in [-0.15, -0.1) is 0 Å². The second-order valence-electron chi connectivity index (χ2n) is 7.14. The van der Waals surface area contributed by atoms with Crippen molar-refractivity contribution in [3.63, 3.8) is 0 Å². The first kappa shape index (κ1) is 18.8. The largest absolute Gasteiger partial charge is 0.381 e. The van der Waals surface area contributed by atoms with Gasteiger partial charge >= 0.3 is 0 Å². The van der Waals surface area contributed by atoms with Crippen LogP contribution in [0.5, 0.6) is 0 Å². The Morgan fingerprint density at radius 1 is 1.21 bits per heavy atom. The van der Waals surface area contributed by atoms with Gasteiger partial charge in [0, 0.05) is 50.4 Å². The van der Waals surface area contributed by atoms with Crippen molar-refractivity contribution in [1.82, 2.24) is 19.5 Å². The van der Waals surface area contributed by atoms with E-state index in [-0.39, 0.29) is 5.56 Å². The van der Waals surface area contributed by atoms with Crippen molar-refractivity contribution in [2.75, 3.05) is 12.4 Å². The predicted molar refractivity (Wildman–Crippen MR) is 110 cm³/mol. The molecule has 3 aromatic rings. The van der Waals surface area contributed by atoms with Gasteiger partial charge in [-0.05, 0) is 37.3 Å². The number of aryl methyl sites for hydroxylation is 1. The molecule has 0 aromatic carbocycles. The van der Waals surface area contributed by atoms with E-state index in [9.17, 15) is 4.79 Å². The number of fused-ring (bicyclic) bond motifs is 1. The highest BCUT2D eigenvalue weighted by Crippen LogP contribution is 2.30. The van der Waals surface area contributed by atoms with Crippen molar-refractivity contribution in [2.45, 2.75) is 37.8 Å². The molecule has 28 heavy (non-hydrogen) atoms. The summed E-state index contributed by atoms with van der Waals surface area (Å²) in [5, 5.41) is 4.43. The van der Waals surface area contributed by atoms with E-state index in [1.807, 2.05) is 6.07 Å². The lowest BCUT2D eigenvalue weighted by Gasteiger charge is -2.28. The molecule has 0 atom stereocenters. The molecule has 146 valence electrons. The summed E-state index contributed by atoms with van der Waals surface area (Å²) in [5.74, 6) is 0.556. The topological polar surface area (TPSA) is 81.9 Å². The molecule has 0 saturated heterocycles. The first-order chi connectivity index (χ1) is 13.5. The first-order valence-corrected chi connectivity index (χ1v) is 9.70. The molecule has 7 nitrogen and oxygen atoms in total. The maximum absolute atomic E-state index is 12.1. The van der Waals surface area contributed by atoms with Crippen molar-refractivity contribution in [1.29, 1.82) is 0 Å². The minimum atomic E-state index is -0.0945. The molecule has 0 spiro atoms. The number of methoxy groups -OCH3 is 1. The van der Waals surface area contributed by atoms with Gasteiger partial charge in [-0.25, -0.2) is 15.0 Å². The SMILES string of the molecule is COC1CCC(Nc2ncc3c(Cl)ncc(-c4ccn(C)c(=O)c4)c3n2)CC1. The number of halogens is 1. The zero-order chi connectivity index (χ0) is 19.7. The molecule has 0 unspecified atom stereocenters. The highest BCUT2D eigenvalue weighted by Gasteiger charge is 2.21. The van der Waals surface area contributed by atoms with Gasteiger partial charge in [-0.2, -0.15) is 0 Å². The molecule has 0 radical (unpaired) electrons. The summed E-state index contributed by atoms with van der Waals surface area (Å²) in [5.41, 5.74) is 2.09. The van der Waals surface area contributed by atoms with E-state index in [0.717, 1.165) is 36.8 Å². The van der Waals surface area contributed by atoms with Gasteiger partial charge < -0.3 is 14.6 Å². The lowest BCUT2D eigenvalue weighted by molar-refractivity contribution is 0.0681. The van der Waals surface area contributed by atoms with E-state index in [4.69, 9.17) is 21.3 Å². The average molecular weight is 400 g/mol. The molecule has 3 aromatic heterocycles. The van der Waals surface area contributed by atoms with E-state index in [1.165, 1.54) is 4.57 Å². The van der Waals surface area contributed by atoms with Crippen LogP contribution in [0, 0.1) is 0 Å². The Kier molecular flexibility index (Phi) is 5.28. The molecule has 1 N–H and O–H groups in total. The molecule has 0 bridgehead atoms. The van der Waals surface area contributed by atoms with E-state index in [0.29, 0.717) is 34.2 Å². The molecular formula is C20H22ClN5O2. The number of nitrogens with one attached hydrogen (secondary N) is 1. The Morgan fingerprint density at radius 2 is 2.00 bits per heavy atom. The number of hydrogen-bond donors (Lipinski definition) is 1. The van der Waals surface area contributed by atoms with Gasteiger partial charge in [0.05, 0.1) is 17.0 Å². The molecular weight excluding hydrogens is 378 g/mol. The molecule has 0 amide bonds. The van der Waals surface area contributed by atoms with Crippen molar-refractivity contribution < 1.29 is 4.74 Å². The van der Waals surface area contributed by atoms with Gasteiger partial charge in [0.1, 0.15) is 5.15 Å². The standard InChI is InChI=1S/C20H22ClN5O2/c1-26-8-7-12(9-17(26)27)15-10-22-19(21)16-11-23-20(25-18(15)16)24-13-3-5-14(28-2)6-4-13/h7-11,13-14H,3-6H2,1-2H3,(H,23,24,25). The quantitative estimate of drug-likeness (QED) is 0.677. The van der Waals surface area contributed by atoms with Crippen LogP contribution in [0.3, 0.4) is 0 Å². The number of hydrogen-bond acceptors (Lipinski definition) is 6. The fourth-order valence-electron chi connectivity index (χ4n) is 3.61. The third-order valence-corrected chi connectivity index (χ3v) is 5.63. The molecule has 1 fully saturated rings. The molecule has 8 heteroatoms. The molecule has 1 aliphatic rings. The third-order valence-electron chi connectivity index (χ3n) is 5.33. The van der Waals surface area contributed by atoms with Gasteiger partial charge in [0.25, 0.3) is 5.56 Å².